The van der Waals surface area contributed by atoms with E-state index in [0.29, 0.717) is 26.2 Å². The zero-order chi connectivity index (χ0) is 19.9. The predicted octanol–water partition coefficient (Wildman–Crippen LogP) is 3.32. The van der Waals surface area contributed by atoms with Crippen LogP contribution in [0, 0.1) is 5.92 Å². The van der Waals surface area contributed by atoms with Gasteiger partial charge < -0.3 is 9.47 Å². The molecule has 0 spiro atoms. The highest BCUT2D eigenvalue weighted by atomic mass is 16.6. The summed E-state index contributed by atoms with van der Waals surface area (Å²) in [5.74, 6) is -0.511. The summed E-state index contributed by atoms with van der Waals surface area (Å²) in [7, 11) is 1.40. The van der Waals surface area contributed by atoms with Gasteiger partial charge in [0, 0.05) is 25.3 Å². The first-order valence-electron chi connectivity index (χ1n) is 9.44. The number of para-hydroxylation sites is 1. The highest BCUT2D eigenvalue weighted by molar-refractivity contribution is 5.89. The molecule has 6 heteroatoms. The Morgan fingerprint density at radius 1 is 1.18 bits per heavy atom. The number of amides is 1. The number of benzene rings is 2. The van der Waals surface area contributed by atoms with Crippen molar-refractivity contribution >= 4 is 17.7 Å². The summed E-state index contributed by atoms with van der Waals surface area (Å²) in [5.41, 5.74) is 1.97. The van der Waals surface area contributed by atoms with Crippen LogP contribution in [0.3, 0.4) is 0 Å². The molecule has 148 valence electrons. The standard InChI is InChI=1S/C22H26N2O4/c1-17(21(25)27-2)13-23(14-18-9-5-3-6-10-18)15-20-16-24(22(26)28-20)19-11-7-4-8-12-19/h3-12,17,20H,13-16H2,1-2H3. The molecule has 1 fully saturated rings. The molecule has 0 N–H and O–H groups in total. The number of rotatable bonds is 8. The van der Waals surface area contributed by atoms with E-state index in [9.17, 15) is 9.59 Å². The van der Waals surface area contributed by atoms with E-state index in [-0.39, 0.29) is 24.1 Å². The van der Waals surface area contributed by atoms with Gasteiger partial charge in [-0.05, 0) is 17.7 Å². The molecule has 3 rings (SSSR count). The lowest BCUT2D eigenvalue weighted by atomic mass is 10.1. The van der Waals surface area contributed by atoms with Gasteiger partial charge in [0.1, 0.15) is 6.10 Å². The Morgan fingerprint density at radius 3 is 2.46 bits per heavy atom. The first-order valence-corrected chi connectivity index (χ1v) is 9.44. The second kappa shape index (κ2) is 9.37. The molecule has 6 nitrogen and oxygen atoms in total. The van der Waals surface area contributed by atoms with Gasteiger partial charge in [0.15, 0.2) is 0 Å². The van der Waals surface area contributed by atoms with Crippen LogP contribution < -0.4 is 4.90 Å². The van der Waals surface area contributed by atoms with Crippen LogP contribution in [0.25, 0.3) is 0 Å². The van der Waals surface area contributed by atoms with Crippen LogP contribution in [0.5, 0.6) is 0 Å². The maximum Gasteiger partial charge on any atom is 0.414 e. The summed E-state index contributed by atoms with van der Waals surface area (Å²) in [6, 6.07) is 19.5. The Labute approximate surface area is 165 Å². The summed E-state index contributed by atoms with van der Waals surface area (Å²) in [5, 5.41) is 0. The third-order valence-corrected chi connectivity index (χ3v) is 4.79. The van der Waals surface area contributed by atoms with E-state index < -0.39 is 0 Å². The number of nitrogens with zero attached hydrogens (tertiary/aromatic N) is 2. The van der Waals surface area contributed by atoms with Crippen LogP contribution in [0.15, 0.2) is 60.7 Å². The number of hydrogen-bond acceptors (Lipinski definition) is 5. The molecule has 1 aliphatic rings. The van der Waals surface area contributed by atoms with Crippen molar-refractivity contribution < 1.29 is 19.1 Å². The molecule has 0 radical (unpaired) electrons. The van der Waals surface area contributed by atoms with Gasteiger partial charge in [-0.3, -0.25) is 14.6 Å². The topological polar surface area (TPSA) is 59.1 Å². The van der Waals surface area contributed by atoms with E-state index in [1.165, 1.54) is 7.11 Å². The van der Waals surface area contributed by atoms with Gasteiger partial charge in [-0.2, -0.15) is 0 Å². The van der Waals surface area contributed by atoms with Crippen LogP contribution >= 0.6 is 0 Å². The normalized spacial score (nSPS) is 17.5. The maximum absolute atomic E-state index is 12.3. The first kappa shape index (κ1) is 19.9. The average Bonchev–Trinajstić information content (AvgIpc) is 3.08. The van der Waals surface area contributed by atoms with E-state index in [0.717, 1.165) is 11.3 Å². The number of carbonyl (C=O) groups is 2. The quantitative estimate of drug-likeness (QED) is 0.656. The summed E-state index contributed by atoms with van der Waals surface area (Å²) in [4.78, 5) is 28.0. The highest BCUT2D eigenvalue weighted by Crippen LogP contribution is 2.22. The van der Waals surface area contributed by atoms with Crippen LogP contribution in [0.4, 0.5) is 10.5 Å². The van der Waals surface area contributed by atoms with Gasteiger partial charge in [-0.1, -0.05) is 55.5 Å². The van der Waals surface area contributed by atoms with Gasteiger partial charge in [0.05, 0.1) is 19.6 Å². The highest BCUT2D eigenvalue weighted by Gasteiger charge is 2.34. The molecule has 2 aromatic rings. The van der Waals surface area contributed by atoms with Gasteiger partial charge in [-0.15, -0.1) is 0 Å². The van der Waals surface area contributed by atoms with Crippen molar-refractivity contribution in [2.75, 3.05) is 31.6 Å². The van der Waals surface area contributed by atoms with E-state index in [1.807, 2.05) is 67.6 Å². The van der Waals surface area contributed by atoms with Crippen LogP contribution in [0.2, 0.25) is 0 Å². The smallest absolute Gasteiger partial charge is 0.414 e. The summed E-state index contributed by atoms with van der Waals surface area (Å²) >= 11 is 0. The molecule has 2 atom stereocenters. The lowest BCUT2D eigenvalue weighted by Gasteiger charge is -2.26. The fraction of sp³-hybridized carbons (Fsp3) is 0.364. The molecule has 0 aliphatic carbocycles. The fourth-order valence-corrected chi connectivity index (χ4v) is 3.43. The minimum Gasteiger partial charge on any atom is -0.469 e. The van der Waals surface area contributed by atoms with Crippen LogP contribution in [-0.4, -0.2) is 49.8 Å². The minimum atomic E-state index is -0.336. The maximum atomic E-state index is 12.3. The van der Waals surface area contributed by atoms with Crippen molar-refractivity contribution in [1.29, 1.82) is 0 Å². The minimum absolute atomic E-state index is 0.243. The van der Waals surface area contributed by atoms with Gasteiger partial charge in [0.25, 0.3) is 0 Å². The zero-order valence-electron chi connectivity index (χ0n) is 16.3. The SMILES string of the molecule is COC(=O)C(C)CN(Cc1ccccc1)CC1CN(c2ccccc2)C(=O)O1. The van der Waals surface area contributed by atoms with E-state index in [1.54, 1.807) is 4.90 Å². The molecule has 1 heterocycles. The second-order valence-electron chi connectivity index (χ2n) is 7.06. The Bertz CT molecular complexity index is 782. The molecule has 28 heavy (non-hydrogen) atoms. The molecule has 0 bridgehead atoms. The molecule has 1 aliphatic heterocycles. The molecule has 0 saturated carbocycles. The van der Waals surface area contributed by atoms with E-state index in [4.69, 9.17) is 9.47 Å². The van der Waals surface area contributed by atoms with Gasteiger partial charge in [0.2, 0.25) is 0 Å². The number of cyclic esters (lactones) is 1. The molecular formula is C22H26N2O4. The molecule has 1 saturated heterocycles. The molecule has 2 unspecified atom stereocenters. The number of ether oxygens (including phenoxy) is 2. The lowest BCUT2D eigenvalue weighted by Crippen LogP contribution is -2.38. The lowest BCUT2D eigenvalue weighted by molar-refractivity contribution is -0.145. The van der Waals surface area contributed by atoms with Crippen LogP contribution in [0.1, 0.15) is 12.5 Å². The third kappa shape index (κ3) is 5.10. The fourth-order valence-electron chi connectivity index (χ4n) is 3.43. The Morgan fingerprint density at radius 2 is 1.82 bits per heavy atom. The Kier molecular flexibility index (Phi) is 6.66. The van der Waals surface area contributed by atoms with Gasteiger partial charge in [-0.25, -0.2) is 4.79 Å². The van der Waals surface area contributed by atoms with Crippen molar-refractivity contribution in [2.24, 2.45) is 5.92 Å². The molecule has 1 amide bonds. The second-order valence-corrected chi connectivity index (χ2v) is 7.06. The summed E-state index contributed by atoms with van der Waals surface area (Å²) < 4.78 is 10.5. The monoisotopic (exact) mass is 382 g/mol. The Hall–Kier alpha value is -2.86. The summed E-state index contributed by atoms with van der Waals surface area (Å²) in [6.45, 7) is 4.08. The molecule has 2 aromatic carbocycles. The molecular weight excluding hydrogens is 356 g/mol. The summed E-state index contributed by atoms with van der Waals surface area (Å²) in [6.07, 6.45) is -0.599. The van der Waals surface area contributed by atoms with Crippen molar-refractivity contribution in [1.82, 2.24) is 4.90 Å². The molecule has 0 aromatic heterocycles. The van der Waals surface area contributed by atoms with Crippen LogP contribution in [-0.2, 0) is 20.8 Å². The van der Waals surface area contributed by atoms with Gasteiger partial charge >= 0.3 is 12.1 Å². The predicted molar refractivity (Wildman–Crippen MR) is 107 cm³/mol. The van der Waals surface area contributed by atoms with E-state index in [2.05, 4.69) is 4.90 Å². The van der Waals surface area contributed by atoms with Crippen molar-refractivity contribution in [3.63, 3.8) is 0 Å². The number of hydrogen-bond donors (Lipinski definition) is 0. The zero-order valence-corrected chi connectivity index (χ0v) is 16.3. The number of anilines is 1. The largest absolute Gasteiger partial charge is 0.469 e. The average molecular weight is 382 g/mol. The number of methoxy groups -OCH3 is 1. The first-order chi connectivity index (χ1) is 13.6. The number of esters is 1. The Balaban J connectivity index is 1.68. The van der Waals surface area contributed by atoms with Crippen molar-refractivity contribution in [2.45, 2.75) is 19.6 Å². The van der Waals surface area contributed by atoms with Crippen molar-refractivity contribution in [3.05, 3.63) is 66.2 Å². The van der Waals surface area contributed by atoms with E-state index >= 15 is 0 Å². The van der Waals surface area contributed by atoms with Crippen molar-refractivity contribution in [3.8, 4) is 0 Å². The third-order valence-electron chi connectivity index (χ3n) is 4.79. The number of carbonyl (C=O) groups excluding carboxylic acids is 2.